The van der Waals surface area contributed by atoms with Gasteiger partial charge in [-0.3, -0.25) is 4.79 Å². The fraction of sp³-hybridized carbons (Fsp3) is 0.0476. The lowest BCUT2D eigenvalue weighted by atomic mass is 10.0. The van der Waals surface area contributed by atoms with Crippen molar-refractivity contribution in [2.75, 3.05) is 0 Å². The van der Waals surface area contributed by atoms with Crippen molar-refractivity contribution in [1.29, 1.82) is 0 Å². The van der Waals surface area contributed by atoms with E-state index in [4.69, 9.17) is 4.74 Å². The van der Waals surface area contributed by atoms with Gasteiger partial charge < -0.3 is 4.74 Å². The van der Waals surface area contributed by atoms with E-state index in [9.17, 15) is 9.59 Å². The molecule has 0 N–H and O–H groups in total. The minimum Gasteiger partial charge on any atom is -0.423 e. The van der Waals surface area contributed by atoms with E-state index < -0.39 is 0 Å². The summed E-state index contributed by atoms with van der Waals surface area (Å²) in [6, 6.07) is 21.8. The number of rotatable bonds is 4. The summed E-state index contributed by atoms with van der Waals surface area (Å²) < 4.78 is 5.35. The molecular formula is C21H16O3. The molecule has 118 valence electrons. The third-order valence-electron chi connectivity index (χ3n) is 3.73. The van der Waals surface area contributed by atoms with Gasteiger partial charge in [-0.2, -0.15) is 0 Å². The molecule has 0 aliphatic carbocycles. The van der Waals surface area contributed by atoms with E-state index >= 15 is 0 Å². The fourth-order valence-corrected chi connectivity index (χ4v) is 2.33. The lowest BCUT2D eigenvalue weighted by molar-refractivity contribution is 0.0734. The summed E-state index contributed by atoms with van der Waals surface area (Å²) in [5.41, 5.74) is 4.19. The molecule has 24 heavy (non-hydrogen) atoms. The Labute approximate surface area is 140 Å². The van der Waals surface area contributed by atoms with Crippen LogP contribution in [0.1, 0.15) is 26.3 Å². The standard InChI is InChI=1S/C21H16O3/c1-15-2-12-20(13-3-15)24-21(23)19-10-8-18(9-11-19)17-6-4-16(14-22)5-7-17/h2-14H,1H3. The molecule has 3 aromatic carbocycles. The van der Waals surface area contributed by atoms with Crippen LogP contribution in [-0.2, 0) is 0 Å². The average Bonchev–Trinajstić information content (AvgIpc) is 2.64. The van der Waals surface area contributed by atoms with Crippen LogP contribution < -0.4 is 4.74 Å². The van der Waals surface area contributed by atoms with E-state index in [2.05, 4.69) is 0 Å². The van der Waals surface area contributed by atoms with Gasteiger partial charge in [-0.15, -0.1) is 0 Å². The van der Waals surface area contributed by atoms with Gasteiger partial charge in [0.25, 0.3) is 0 Å². The highest BCUT2D eigenvalue weighted by molar-refractivity contribution is 5.91. The van der Waals surface area contributed by atoms with Crippen LogP contribution in [0.15, 0.2) is 72.8 Å². The van der Waals surface area contributed by atoms with Crippen molar-refractivity contribution in [3.05, 3.63) is 89.5 Å². The van der Waals surface area contributed by atoms with Gasteiger partial charge >= 0.3 is 5.97 Å². The van der Waals surface area contributed by atoms with E-state index in [1.165, 1.54) is 0 Å². The van der Waals surface area contributed by atoms with Crippen molar-refractivity contribution in [1.82, 2.24) is 0 Å². The second-order valence-corrected chi connectivity index (χ2v) is 5.52. The molecule has 3 aromatic rings. The Bertz CT molecular complexity index is 845. The first-order valence-electron chi connectivity index (χ1n) is 7.60. The SMILES string of the molecule is Cc1ccc(OC(=O)c2ccc(-c3ccc(C=O)cc3)cc2)cc1. The van der Waals surface area contributed by atoms with Crippen molar-refractivity contribution >= 4 is 12.3 Å². The number of esters is 1. The quantitative estimate of drug-likeness (QED) is 0.398. The van der Waals surface area contributed by atoms with Crippen molar-refractivity contribution in [3.8, 4) is 16.9 Å². The minimum atomic E-state index is -0.387. The Morgan fingerprint density at radius 2 is 1.33 bits per heavy atom. The molecule has 0 spiro atoms. The van der Waals surface area contributed by atoms with Crippen LogP contribution in [0.25, 0.3) is 11.1 Å². The summed E-state index contributed by atoms with van der Waals surface area (Å²) in [6.45, 7) is 1.98. The van der Waals surface area contributed by atoms with Crippen LogP contribution in [0.3, 0.4) is 0 Å². The summed E-state index contributed by atoms with van der Waals surface area (Å²) in [5, 5.41) is 0. The molecule has 0 bridgehead atoms. The van der Waals surface area contributed by atoms with E-state index in [0.717, 1.165) is 23.0 Å². The van der Waals surface area contributed by atoms with Gasteiger partial charge in [0.1, 0.15) is 12.0 Å². The Morgan fingerprint density at radius 3 is 1.88 bits per heavy atom. The smallest absolute Gasteiger partial charge is 0.343 e. The Balaban J connectivity index is 1.74. The molecule has 0 aliphatic heterocycles. The molecule has 0 radical (unpaired) electrons. The molecule has 0 saturated heterocycles. The molecule has 3 rings (SSSR count). The molecule has 0 unspecified atom stereocenters. The Morgan fingerprint density at radius 1 is 0.792 bits per heavy atom. The summed E-state index contributed by atoms with van der Waals surface area (Å²) in [7, 11) is 0. The van der Waals surface area contributed by atoms with Crippen LogP contribution in [0.2, 0.25) is 0 Å². The van der Waals surface area contributed by atoms with Crippen LogP contribution in [0.4, 0.5) is 0 Å². The first-order valence-corrected chi connectivity index (χ1v) is 7.60. The third kappa shape index (κ3) is 3.58. The third-order valence-corrected chi connectivity index (χ3v) is 3.73. The van der Waals surface area contributed by atoms with E-state index in [1.807, 2.05) is 43.3 Å². The molecule has 0 amide bonds. The Kier molecular flexibility index (Phi) is 4.52. The molecule has 0 aromatic heterocycles. The molecule has 0 heterocycles. The van der Waals surface area contributed by atoms with Gasteiger partial charge in [0, 0.05) is 5.56 Å². The summed E-state index contributed by atoms with van der Waals surface area (Å²) in [4.78, 5) is 22.9. The highest BCUT2D eigenvalue weighted by Crippen LogP contribution is 2.21. The van der Waals surface area contributed by atoms with Crippen LogP contribution >= 0.6 is 0 Å². The van der Waals surface area contributed by atoms with Crippen LogP contribution in [0, 0.1) is 6.92 Å². The molecule has 0 saturated carbocycles. The Hall–Kier alpha value is -3.20. The number of aryl methyl sites for hydroxylation is 1. The maximum absolute atomic E-state index is 12.2. The molecular weight excluding hydrogens is 300 g/mol. The number of hydrogen-bond donors (Lipinski definition) is 0. The lowest BCUT2D eigenvalue weighted by Crippen LogP contribution is -2.08. The molecule has 0 atom stereocenters. The zero-order valence-corrected chi connectivity index (χ0v) is 13.2. The number of carbonyl (C=O) groups excluding carboxylic acids is 2. The van der Waals surface area contributed by atoms with E-state index in [-0.39, 0.29) is 5.97 Å². The van der Waals surface area contributed by atoms with Gasteiger partial charge in [0.15, 0.2) is 0 Å². The normalized spacial score (nSPS) is 10.2. The first kappa shape index (κ1) is 15.7. The first-order chi connectivity index (χ1) is 11.7. The summed E-state index contributed by atoms with van der Waals surface area (Å²) >= 11 is 0. The van der Waals surface area contributed by atoms with E-state index in [0.29, 0.717) is 16.9 Å². The number of benzene rings is 3. The van der Waals surface area contributed by atoms with Crippen LogP contribution in [-0.4, -0.2) is 12.3 Å². The van der Waals surface area contributed by atoms with Crippen molar-refractivity contribution in [2.24, 2.45) is 0 Å². The average molecular weight is 316 g/mol. The maximum Gasteiger partial charge on any atom is 0.343 e. The minimum absolute atomic E-state index is 0.387. The molecule has 0 aliphatic rings. The predicted octanol–water partition coefficient (Wildman–Crippen LogP) is 4.69. The van der Waals surface area contributed by atoms with Gasteiger partial charge in [0.05, 0.1) is 5.56 Å². The molecule has 3 heteroatoms. The summed E-state index contributed by atoms with van der Waals surface area (Å²) in [6.07, 6.45) is 0.813. The molecule has 0 fully saturated rings. The monoisotopic (exact) mass is 316 g/mol. The fourth-order valence-electron chi connectivity index (χ4n) is 2.33. The van der Waals surface area contributed by atoms with Gasteiger partial charge in [-0.05, 0) is 42.3 Å². The highest BCUT2D eigenvalue weighted by atomic mass is 16.5. The van der Waals surface area contributed by atoms with Gasteiger partial charge in [-0.1, -0.05) is 54.1 Å². The molecule has 3 nitrogen and oxygen atoms in total. The maximum atomic E-state index is 12.2. The lowest BCUT2D eigenvalue weighted by Gasteiger charge is -2.06. The summed E-state index contributed by atoms with van der Waals surface area (Å²) in [5.74, 6) is 0.140. The van der Waals surface area contributed by atoms with E-state index in [1.54, 1.807) is 36.4 Å². The van der Waals surface area contributed by atoms with Gasteiger partial charge in [0.2, 0.25) is 0 Å². The zero-order valence-electron chi connectivity index (χ0n) is 13.2. The van der Waals surface area contributed by atoms with Crippen molar-refractivity contribution in [3.63, 3.8) is 0 Å². The highest BCUT2D eigenvalue weighted by Gasteiger charge is 2.09. The largest absolute Gasteiger partial charge is 0.423 e. The number of ether oxygens (including phenoxy) is 1. The number of hydrogen-bond acceptors (Lipinski definition) is 3. The van der Waals surface area contributed by atoms with Gasteiger partial charge in [-0.25, -0.2) is 4.79 Å². The number of carbonyl (C=O) groups is 2. The van der Waals surface area contributed by atoms with Crippen LogP contribution in [0.5, 0.6) is 5.75 Å². The predicted molar refractivity (Wildman–Crippen MR) is 93.4 cm³/mol. The number of aldehydes is 1. The second kappa shape index (κ2) is 6.92. The van der Waals surface area contributed by atoms with Crippen molar-refractivity contribution < 1.29 is 14.3 Å². The topological polar surface area (TPSA) is 43.4 Å². The van der Waals surface area contributed by atoms with Crippen molar-refractivity contribution in [2.45, 2.75) is 6.92 Å². The second-order valence-electron chi connectivity index (χ2n) is 5.52. The zero-order chi connectivity index (χ0) is 16.9.